The summed E-state index contributed by atoms with van der Waals surface area (Å²) in [6, 6.07) is 13.0. The Morgan fingerprint density at radius 2 is 1.94 bits per heavy atom. The molecular formula is C21H16Cl2N2O5S. The number of ether oxygens (including phenoxy) is 3. The molecule has 0 radical (unpaired) electrons. The summed E-state index contributed by atoms with van der Waals surface area (Å²) in [6.07, 6.45) is 1.41. The molecule has 0 spiro atoms. The molecule has 3 aromatic rings. The van der Waals surface area contributed by atoms with Gasteiger partial charge >= 0.3 is 5.97 Å². The molecule has 1 N–H and O–H groups in total. The minimum Gasteiger partial charge on any atom is -0.493 e. The Balaban J connectivity index is 1.56. The smallest absolute Gasteiger partial charge is 0.353 e. The number of nitrogens with zero attached hydrogens (tertiary/aromatic N) is 1. The summed E-state index contributed by atoms with van der Waals surface area (Å²) in [7, 11) is 1.46. The topological polar surface area (TPSA) is 86.2 Å². The zero-order valence-electron chi connectivity index (χ0n) is 16.1. The maximum atomic E-state index is 12.1. The number of nitrogens with one attached hydrogen (secondary N) is 1. The SMILES string of the molecule is COc1cc(/C=N/NC(=O)COc2cc(Cl)ccc2Cl)ccc1OC(=O)c1cccs1. The Labute approximate surface area is 192 Å². The Morgan fingerprint density at radius 3 is 2.68 bits per heavy atom. The number of carbonyl (C=O) groups is 2. The standard InChI is InChI=1S/C21H16Cl2N2O5S/c1-28-18-9-13(4-7-16(18)30-21(27)19-3-2-8-31-19)11-24-25-20(26)12-29-17-10-14(22)5-6-15(17)23/h2-11H,12H2,1H3,(H,25,26)/b24-11+. The van der Waals surface area contributed by atoms with E-state index in [1.54, 1.807) is 47.8 Å². The number of hydrazone groups is 1. The number of halogens is 2. The van der Waals surface area contributed by atoms with E-state index in [1.165, 1.54) is 30.7 Å². The van der Waals surface area contributed by atoms with Gasteiger partial charge in [-0.05, 0) is 47.3 Å². The van der Waals surface area contributed by atoms with Crippen molar-refractivity contribution in [3.63, 3.8) is 0 Å². The monoisotopic (exact) mass is 478 g/mol. The first-order valence-electron chi connectivity index (χ1n) is 8.79. The molecule has 0 saturated heterocycles. The van der Waals surface area contributed by atoms with Gasteiger partial charge in [0.1, 0.15) is 10.6 Å². The number of carbonyl (C=O) groups excluding carboxylic acids is 2. The predicted octanol–water partition coefficient (Wildman–Crippen LogP) is 4.81. The average molecular weight is 479 g/mol. The van der Waals surface area contributed by atoms with Gasteiger partial charge in [-0.1, -0.05) is 29.3 Å². The van der Waals surface area contributed by atoms with Gasteiger partial charge in [-0.2, -0.15) is 5.10 Å². The van der Waals surface area contributed by atoms with Gasteiger partial charge in [0.25, 0.3) is 5.91 Å². The van der Waals surface area contributed by atoms with Gasteiger partial charge in [0.15, 0.2) is 18.1 Å². The van der Waals surface area contributed by atoms with Crippen LogP contribution in [0, 0.1) is 0 Å². The van der Waals surface area contributed by atoms with Gasteiger partial charge in [-0.15, -0.1) is 11.3 Å². The number of esters is 1. The van der Waals surface area contributed by atoms with Crippen LogP contribution in [-0.4, -0.2) is 31.8 Å². The van der Waals surface area contributed by atoms with Gasteiger partial charge < -0.3 is 14.2 Å². The van der Waals surface area contributed by atoms with Crippen LogP contribution in [0.15, 0.2) is 59.0 Å². The third-order valence-electron chi connectivity index (χ3n) is 3.77. The zero-order valence-corrected chi connectivity index (χ0v) is 18.5. The Morgan fingerprint density at radius 1 is 1.10 bits per heavy atom. The average Bonchev–Trinajstić information content (AvgIpc) is 3.30. The van der Waals surface area contributed by atoms with E-state index in [1.807, 2.05) is 0 Å². The molecule has 0 unspecified atom stereocenters. The highest BCUT2D eigenvalue weighted by molar-refractivity contribution is 7.12. The van der Waals surface area contributed by atoms with Crippen molar-refractivity contribution in [3.8, 4) is 17.2 Å². The number of rotatable bonds is 8. The third kappa shape index (κ3) is 6.45. The van der Waals surface area contributed by atoms with Crippen molar-refractivity contribution in [3.05, 3.63) is 74.4 Å². The van der Waals surface area contributed by atoms with Crippen LogP contribution >= 0.6 is 34.5 Å². The fourth-order valence-electron chi connectivity index (χ4n) is 2.34. The number of thiophene rings is 1. The molecule has 1 amide bonds. The van der Waals surface area contributed by atoms with E-state index in [0.29, 0.717) is 32.0 Å². The van der Waals surface area contributed by atoms with Gasteiger partial charge in [-0.3, -0.25) is 4.79 Å². The number of methoxy groups -OCH3 is 1. The summed E-state index contributed by atoms with van der Waals surface area (Å²) in [5.41, 5.74) is 2.96. The second-order valence-corrected chi connectivity index (χ2v) is 7.73. The van der Waals surface area contributed by atoms with Gasteiger partial charge in [0, 0.05) is 11.1 Å². The number of benzene rings is 2. The van der Waals surface area contributed by atoms with Crippen LogP contribution in [0.4, 0.5) is 0 Å². The highest BCUT2D eigenvalue weighted by atomic mass is 35.5. The fourth-order valence-corrected chi connectivity index (χ4v) is 3.27. The molecule has 10 heteroatoms. The van der Waals surface area contributed by atoms with Crippen molar-refractivity contribution in [2.45, 2.75) is 0 Å². The van der Waals surface area contributed by atoms with Crippen molar-refractivity contribution >= 4 is 52.6 Å². The van der Waals surface area contributed by atoms with E-state index >= 15 is 0 Å². The zero-order chi connectivity index (χ0) is 22.2. The van der Waals surface area contributed by atoms with Gasteiger partial charge in [-0.25, -0.2) is 10.2 Å². The summed E-state index contributed by atoms with van der Waals surface area (Å²) in [5, 5.41) is 6.44. The first-order chi connectivity index (χ1) is 15.0. The van der Waals surface area contributed by atoms with Crippen LogP contribution in [0.3, 0.4) is 0 Å². The molecule has 0 fully saturated rings. The number of amides is 1. The van der Waals surface area contributed by atoms with Crippen LogP contribution in [0.25, 0.3) is 0 Å². The van der Waals surface area contributed by atoms with Crippen molar-refractivity contribution in [2.75, 3.05) is 13.7 Å². The lowest BCUT2D eigenvalue weighted by atomic mass is 10.2. The summed E-state index contributed by atoms with van der Waals surface area (Å²) in [6.45, 7) is -0.293. The predicted molar refractivity (Wildman–Crippen MR) is 120 cm³/mol. The Hall–Kier alpha value is -3.07. The second-order valence-electron chi connectivity index (χ2n) is 5.93. The molecule has 1 aromatic heterocycles. The van der Waals surface area contributed by atoms with Crippen molar-refractivity contribution in [1.29, 1.82) is 0 Å². The highest BCUT2D eigenvalue weighted by Gasteiger charge is 2.13. The molecule has 0 atom stereocenters. The van der Waals surface area contributed by atoms with Crippen LogP contribution in [0.5, 0.6) is 17.2 Å². The maximum absolute atomic E-state index is 12.1. The molecule has 1 heterocycles. The van der Waals surface area contributed by atoms with Crippen LogP contribution in [-0.2, 0) is 4.79 Å². The molecule has 7 nitrogen and oxygen atoms in total. The molecule has 160 valence electrons. The lowest BCUT2D eigenvalue weighted by molar-refractivity contribution is -0.123. The van der Waals surface area contributed by atoms with E-state index in [4.69, 9.17) is 37.4 Å². The number of hydrogen-bond donors (Lipinski definition) is 1. The third-order valence-corrected chi connectivity index (χ3v) is 5.16. The molecule has 0 aliphatic rings. The molecular weight excluding hydrogens is 463 g/mol. The normalized spacial score (nSPS) is 10.7. The van der Waals surface area contributed by atoms with E-state index in [0.717, 1.165) is 0 Å². The van der Waals surface area contributed by atoms with E-state index in [2.05, 4.69) is 10.5 Å². The molecule has 31 heavy (non-hydrogen) atoms. The summed E-state index contributed by atoms with van der Waals surface area (Å²) >= 11 is 13.1. The maximum Gasteiger partial charge on any atom is 0.353 e. The summed E-state index contributed by atoms with van der Waals surface area (Å²) in [4.78, 5) is 24.5. The lowest BCUT2D eigenvalue weighted by Gasteiger charge is -2.09. The minimum atomic E-state index is -0.485. The van der Waals surface area contributed by atoms with Gasteiger partial charge in [0.2, 0.25) is 0 Å². The van der Waals surface area contributed by atoms with E-state index in [9.17, 15) is 9.59 Å². The minimum absolute atomic E-state index is 0.272. The van der Waals surface area contributed by atoms with Gasteiger partial charge in [0.05, 0.1) is 18.3 Å². The second kappa shape index (κ2) is 10.8. The molecule has 0 saturated carbocycles. The van der Waals surface area contributed by atoms with E-state index in [-0.39, 0.29) is 12.4 Å². The molecule has 0 aliphatic heterocycles. The first kappa shape index (κ1) is 22.6. The summed E-state index contributed by atoms with van der Waals surface area (Å²) < 4.78 is 16.0. The molecule has 2 aromatic carbocycles. The van der Waals surface area contributed by atoms with E-state index < -0.39 is 11.9 Å². The quantitative estimate of drug-likeness (QED) is 0.217. The van der Waals surface area contributed by atoms with Crippen LogP contribution in [0.2, 0.25) is 10.0 Å². The Kier molecular flexibility index (Phi) is 7.88. The summed E-state index contributed by atoms with van der Waals surface area (Å²) in [5.74, 6) is -0.0405. The first-order valence-corrected chi connectivity index (χ1v) is 10.4. The largest absolute Gasteiger partial charge is 0.493 e. The lowest BCUT2D eigenvalue weighted by Crippen LogP contribution is -2.24. The fraction of sp³-hybridized carbons (Fsp3) is 0.0952. The van der Waals surface area contributed by atoms with Crippen LogP contribution in [0.1, 0.15) is 15.2 Å². The molecule has 3 rings (SSSR count). The Bertz CT molecular complexity index is 1100. The molecule has 0 aliphatic carbocycles. The van der Waals surface area contributed by atoms with Crippen molar-refractivity contribution in [2.24, 2.45) is 5.10 Å². The highest BCUT2D eigenvalue weighted by Crippen LogP contribution is 2.29. The molecule has 0 bridgehead atoms. The van der Waals surface area contributed by atoms with Crippen molar-refractivity contribution in [1.82, 2.24) is 5.43 Å². The van der Waals surface area contributed by atoms with Crippen LogP contribution < -0.4 is 19.6 Å². The number of hydrogen-bond acceptors (Lipinski definition) is 7. The van der Waals surface area contributed by atoms with Crippen molar-refractivity contribution < 1.29 is 23.8 Å².